The molecule has 1 N–H and O–H groups in total. The number of fused-ring (bicyclic) bond motifs is 3. The molecule has 6 heteroatoms. The minimum Gasteiger partial charge on any atom is -0.339 e. The number of rotatable bonds is 6. The van der Waals surface area contributed by atoms with Gasteiger partial charge in [-0.3, -0.25) is 19.7 Å². The molecule has 4 rings (SSSR count). The van der Waals surface area contributed by atoms with Crippen molar-refractivity contribution in [3.05, 3.63) is 41.6 Å². The second-order valence-electron chi connectivity index (χ2n) is 7.14. The lowest BCUT2D eigenvalue weighted by atomic mass is 9.91. The van der Waals surface area contributed by atoms with E-state index in [9.17, 15) is 4.79 Å². The number of pyridine rings is 1. The van der Waals surface area contributed by atoms with Crippen molar-refractivity contribution in [2.45, 2.75) is 52.0 Å². The van der Waals surface area contributed by atoms with Crippen LogP contribution in [0.25, 0.3) is 0 Å². The number of imidazole rings is 1. The molecule has 6 nitrogen and oxygen atoms in total. The van der Waals surface area contributed by atoms with Crippen LogP contribution < -0.4 is 4.90 Å². The van der Waals surface area contributed by atoms with Crippen LogP contribution in [0.3, 0.4) is 0 Å². The van der Waals surface area contributed by atoms with Crippen molar-refractivity contribution < 1.29 is 4.79 Å². The molecule has 4 heterocycles. The highest BCUT2D eigenvalue weighted by atomic mass is 16.2. The van der Waals surface area contributed by atoms with Gasteiger partial charge in [0.1, 0.15) is 11.5 Å². The Morgan fingerprint density at radius 1 is 1.23 bits per heavy atom. The number of anilines is 1. The number of nitrogens with zero attached hydrogens (tertiary/aromatic N) is 4. The predicted molar refractivity (Wildman–Crippen MR) is 102 cm³/mol. The first-order valence-electron chi connectivity index (χ1n) is 9.58. The van der Waals surface area contributed by atoms with Gasteiger partial charge in [-0.15, -0.1) is 0 Å². The zero-order valence-corrected chi connectivity index (χ0v) is 15.4. The molecule has 1 amide bonds. The molecule has 0 spiro atoms. The molecular weight excluding hydrogens is 326 g/mol. The van der Waals surface area contributed by atoms with E-state index >= 15 is 0 Å². The van der Waals surface area contributed by atoms with Crippen LogP contribution in [0.5, 0.6) is 0 Å². The Labute approximate surface area is 153 Å². The molecular formula is C20H25N5O. The van der Waals surface area contributed by atoms with Crippen LogP contribution in [-0.2, 0) is 17.6 Å². The lowest BCUT2D eigenvalue weighted by Gasteiger charge is -2.29. The fourth-order valence-electron chi connectivity index (χ4n) is 3.97. The van der Waals surface area contributed by atoms with Crippen molar-refractivity contribution in [2.24, 2.45) is 10.9 Å². The molecule has 136 valence electrons. The van der Waals surface area contributed by atoms with Gasteiger partial charge in [-0.25, -0.2) is 4.98 Å². The van der Waals surface area contributed by atoms with E-state index in [1.165, 1.54) is 5.56 Å². The van der Waals surface area contributed by atoms with E-state index < -0.39 is 0 Å². The molecule has 2 aromatic heterocycles. The number of H-pyrrole nitrogens is 1. The van der Waals surface area contributed by atoms with Gasteiger partial charge in [-0.1, -0.05) is 13.8 Å². The predicted octanol–water partition coefficient (Wildman–Crippen LogP) is 2.93. The quantitative estimate of drug-likeness (QED) is 0.869. The van der Waals surface area contributed by atoms with Gasteiger partial charge in [-0.2, -0.15) is 0 Å². The van der Waals surface area contributed by atoms with Crippen LogP contribution in [0, 0.1) is 5.92 Å². The van der Waals surface area contributed by atoms with Gasteiger partial charge in [0.2, 0.25) is 5.91 Å². The average molecular weight is 351 g/mol. The van der Waals surface area contributed by atoms with Crippen LogP contribution >= 0.6 is 0 Å². The summed E-state index contributed by atoms with van der Waals surface area (Å²) >= 11 is 0. The van der Waals surface area contributed by atoms with Gasteiger partial charge in [0.05, 0.1) is 17.7 Å². The van der Waals surface area contributed by atoms with Crippen LogP contribution in [0.15, 0.2) is 29.5 Å². The third-order valence-corrected chi connectivity index (χ3v) is 5.12. The SMILES string of the molecule is CCCc1nc2c([nH]1)C1=NC(Cc3ccncc3)CC1C(=O)N2CCC. The van der Waals surface area contributed by atoms with Crippen molar-refractivity contribution in [3.8, 4) is 0 Å². The Morgan fingerprint density at radius 3 is 2.77 bits per heavy atom. The number of hydrogen-bond acceptors (Lipinski definition) is 4. The van der Waals surface area contributed by atoms with Gasteiger partial charge >= 0.3 is 0 Å². The van der Waals surface area contributed by atoms with Crippen molar-refractivity contribution >= 4 is 17.4 Å². The van der Waals surface area contributed by atoms with Gasteiger partial charge in [0.15, 0.2) is 5.82 Å². The minimum absolute atomic E-state index is 0.133. The largest absolute Gasteiger partial charge is 0.339 e. The molecule has 0 bridgehead atoms. The first-order valence-corrected chi connectivity index (χ1v) is 9.58. The number of amides is 1. The summed E-state index contributed by atoms with van der Waals surface area (Å²) < 4.78 is 0. The summed E-state index contributed by atoms with van der Waals surface area (Å²) in [5.41, 5.74) is 3.08. The molecule has 2 aromatic rings. The monoisotopic (exact) mass is 351 g/mol. The Balaban J connectivity index is 1.67. The third-order valence-electron chi connectivity index (χ3n) is 5.12. The fraction of sp³-hybridized carbons (Fsp3) is 0.500. The summed E-state index contributed by atoms with van der Waals surface area (Å²) in [6, 6.07) is 4.18. The van der Waals surface area contributed by atoms with E-state index in [2.05, 4.69) is 23.8 Å². The highest BCUT2D eigenvalue weighted by Crippen LogP contribution is 2.37. The van der Waals surface area contributed by atoms with Crippen molar-refractivity contribution in [1.82, 2.24) is 15.0 Å². The van der Waals surface area contributed by atoms with Crippen molar-refractivity contribution in [1.29, 1.82) is 0 Å². The molecule has 2 atom stereocenters. The van der Waals surface area contributed by atoms with Gasteiger partial charge in [-0.05, 0) is 43.4 Å². The summed E-state index contributed by atoms with van der Waals surface area (Å²) in [6.07, 6.45) is 8.06. The maximum Gasteiger partial charge on any atom is 0.237 e. The number of hydrogen-bond donors (Lipinski definition) is 1. The number of aliphatic imine (C=N–C) groups is 1. The highest BCUT2D eigenvalue weighted by Gasteiger charge is 2.44. The van der Waals surface area contributed by atoms with Gasteiger partial charge in [0.25, 0.3) is 0 Å². The number of aromatic amines is 1. The number of aromatic nitrogens is 3. The van der Waals surface area contributed by atoms with E-state index in [0.717, 1.165) is 55.2 Å². The first kappa shape index (κ1) is 16.9. The van der Waals surface area contributed by atoms with Crippen LogP contribution in [0.1, 0.15) is 50.2 Å². The van der Waals surface area contributed by atoms with Crippen molar-refractivity contribution in [3.63, 3.8) is 0 Å². The number of carbonyl (C=O) groups excluding carboxylic acids is 1. The zero-order chi connectivity index (χ0) is 18.1. The lowest BCUT2D eigenvalue weighted by Crippen LogP contribution is -2.44. The second-order valence-corrected chi connectivity index (χ2v) is 7.14. The van der Waals surface area contributed by atoms with Crippen LogP contribution in [0.4, 0.5) is 5.82 Å². The van der Waals surface area contributed by atoms with E-state index in [4.69, 9.17) is 9.98 Å². The lowest BCUT2D eigenvalue weighted by molar-refractivity contribution is -0.120. The van der Waals surface area contributed by atoms with Crippen LogP contribution in [-0.4, -0.2) is 39.2 Å². The summed E-state index contributed by atoms with van der Waals surface area (Å²) in [6.45, 7) is 4.94. The van der Waals surface area contributed by atoms with Gasteiger partial charge < -0.3 is 4.98 Å². The molecule has 2 aliphatic heterocycles. The zero-order valence-electron chi connectivity index (χ0n) is 15.4. The fourth-order valence-corrected chi connectivity index (χ4v) is 3.97. The molecule has 0 saturated heterocycles. The Hall–Kier alpha value is -2.50. The molecule has 0 saturated carbocycles. The topological polar surface area (TPSA) is 74.2 Å². The first-order chi connectivity index (χ1) is 12.7. The van der Waals surface area contributed by atoms with E-state index in [0.29, 0.717) is 6.54 Å². The standard InChI is InChI=1S/C20H25N5O/c1-3-5-16-23-18-17-15(20(26)25(10-4-2)19(18)24-16)12-14(22-17)11-13-6-8-21-9-7-13/h6-9,14-15H,3-5,10-12H2,1-2H3,(H,23,24). The third kappa shape index (κ3) is 2.93. The van der Waals surface area contributed by atoms with Gasteiger partial charge in [0, 0.05) is 25.4 Å². The Morgan fingerprint density at radius 2 is 2.04 bits per heavy atom. The van der Waals surface area contributed by atoms with E-state index in [1.54, 1.807) is 0 Å². The highest BCUT2D eigenvalue weighted by molar-refractivity contribution is 6.23. The minimum atomic E-state index is -0.143. The molecule has 0 aromatic carbocycles. The number of nitrogens with one attached hydrogen (secondary N) is 1. The molecule has 0 fully saturated rings. The van der Waals surface area contributed by atoms with Crippen LogP contribution in [0.2, 0.25) is 0 Å². The number of aryl methyl sites for hydroxylation is 1. The van der Waals surface area contributed by atoms with E-state index in [1.807, 2.05) is 29.4 Å². The average Bonchev–Trinajstić information content (AvgIpc) is 3.24. The Bertz CT molecular complexity index is 826. The number of carbonyl (C=O) groups is 1. The molecule has 0 radical (unpaired) electrons. The summed E-state index contributed by atoms with van der Waals surface area (Å²) in [5.74, 6) is 1.74. The maximum atomic E-state index is 13.1. The molecule has 2 unspecified atom stereocenters. The Kier molecular flexibility index (Phi) is 4.57. The van der Waals surface area contributed by atoms with Crippen molar-refractivity contribution in [2.75, 3.05) is 11.4 Å². The summed E-state index contributed by atoms with van der Waals surface area (Å²) in [5, 5.41) is 0. The summed E-state index contributed by atoms with van der Waals surface area (Å²) in [7, 11) is 0. The second kappa shape index (κ2) is 7.02. The molecule has 2 aliphatic rings. The molecule has 26 heavy (non-hydrogen) atoms. The molecule has 0 aliphatic carbocycles. The van der Waals surface area contributed by atoms with E-state index in [-0.39, 0.29) is 17.9 Å². The maximum absolute atomic E-state index is 13.1. The summed E-state index contributed by atoms with van der Waals surface area (Å²) in [4.78, 5) is 32.2. The normalized spacial score (nSPS) is 21.5. The smallest absolute Gasteiger partial charge is 0.237 e.